The highest BCUT2D eigenvalue weighted by atomic mass is 16.5. The monoisotopic (exact) mass is 214 g/mol. The van der Waals surface area contributed by atoms with Crippen LogP contribution in [0, 0.1) is 5.92 Å². The number of hydrogen-bond acceptors (Lipinski definition) is 4. The molecular weight excluding hydrogens is 200 g/mol. The molecule has 6 heteroatoms. The van der Waals surface area contributed by atoms with Crippen LogP contribution in [0.3, 0.4) is 0 Å². The van der Waals surface area contributed by atoms with Crippen LogP contribution in [0.2, 0.25) is 0 Å². The number of amides is 2. The molecule has 0 aromatic carbocycles. The molecule has 1 saturated heterocycles. The van der Waals surface area contributed by atoms with E-state index in [1.165, 1.54) is 7.11 Å². The molecule has 1 fully saturated rings. The van der Waals surface area contributed by atoms with Crippen LogP contribution < -0.4 is 10.6 Å². The van der Waals surface area contributed by atoms with Gasteiger partial charge in [0.1, 0.15) is 6.04 Å². The summed E-state index contributed by atoms with van der Waals surface area (Å²) in [7, 11) is 1.25. The van der Waals surface area contributed by atoms with Crippen LogP contribution in [0.4, 0.5) is 0 Å². The zero-order chi connectivity index (χ0) is 11.3. The van der Waals surface area contributed by atoms with E-state index in [0.717, 1.165) is 0 Å². The molecule has 0 aromatic rings. The van der Waals surface area contributed by atoms with Crippen LogP contribution >= 0.6 is 0 Å². The Morgan fingerprint density at radius 2 is 2.53 bits per heavy atom. The van der Waals surface area contributed by atoms with E-state index in [2.05, 4.69) is 15.4 Å². The minimum absolute atomic E-state index is 0.0726. The highest BCUT2D eigenvalue weighted by molar-refractivity contribution is 5.83. The predicted octanol–water partition coefficient (Wildman–Crippen LogP) is -1.20. The van der Waals surface area contributed by atoms with Crippen LogP contribution in [0.15, 0.2) is 0 Å². The number of carbonyl (C=O) groups excluding carboxylic acids is 3. The van der Waals surface area contributed by atoms with Crippen molar-refractivity contribution in [2.24, 2.45) is 5.92 Å². The minimum Gasteiger partial charge on any atom is -0.467 e. The van der Waals surface area contributed by atoms with E-state index in [1.807, 2.05) is 0 Å². The summed E-state index contributed by atoms with van der Waals surface area (Å²) in [6.45, 7) is 0.623. The van der Waals surface area contributed by atoms with Crippen LogP contribution in [-0.4, -0.2) is 38.0 Å². The van der Waals surface area contributed by atoms with Gasteiger partial charge < -0.3 is 15.4 Å². The Hall–Kier alpha value is -1.59. The van der Waals surface area contributed by atoms with Crippen molar-refractivity contribution in [2.75, 3.05) is 13.7 Å². The summed E-state index contributed by atoms with van der Waals surface area (Å²) in [6.07, 6.45) is 1.42. The standard InChI is InChI=1S/C9H14N2O4/c1-15-9(14)7(11-5-12)4-6-2-3-10-8(6)13/h5-7H,2-4H2,1H3,(H,10,13)(H,11,12). The fourth-order valence-corrected chi connectivity index (χ4v) is 1.61. The number of hydrogen-bond donors (Lipinski definition) is 2. The molecule has 2 unspecified atom stereocenters. The zero-order valence-electron chi connectivity index (χ0n) is 8.49. The van der Waals surface area contributed by atoms with E-state index in [9.17, 15) is 14.4 Å². The summed E-state index contributed by atoms with van der Waals surface area (Å²) in [5.74, 6) is -0.819. The first-order valence-electron chi connectivity index (χ1n) is 4.74. The molecule has 1 heterocycles. The van der Waals surface area contributed by atoms with Crippen LogP contribution in [0.5, 0.6) is 0 Å². The maximum atomic E-state index is 11.2. The van der Waals surface area contributed by atoms with Crippen LogP contribution in [-0.2, 0) is 19.1 Å². The smallest absolute Gasteiger partial charge is 0.328 e. The number of nitrogens with one attached hydrogen (secondary N) is 2. The lowest BCUT2D eigenvalue weighted by Gasteiger charge is -2.15. The van der Waals surface area contributed by atoms with Gasteiger partial charge >= 0.3 is 5.97 Å². The third kappa shape index (κ3) is 2.93. The molecule has 1 rings (SSSR count). The van der Waals surface area contributed by atoms with Gasteiger partial charge in [0, 0.05) is 12.5 Å². The Labute approximate surface area is 87.4 Å². The average molecular weight is 214 g/mol. The SMILES string of the molecule is COC(=O)C(CC1CCNC1=O)NC=O. The number of rotatable bonds is 5. The maximum Gasteiger partial charge on any atom is 0.328 e. The van der Waals surface area contributed by atoms with Crippen molar-refractivity contribution >= 4 is 18.3 Å². The molecule has 2 N–H and O–H groups in total. The first kappa shape index (κ1) is 11.5. The van der Waals surface area contributed by atoms with Gasteiger partial charge in [0.05, 0.1) is 7.11 Å². The van der Waals surface area contributed by atoms with Gasteiger partial charge in [0.2, 0.25) is 12.3 Å². The molecule has 1 aliphatic heterocycles. The fourth-order valence-electron chi connectivity index (χ4n) is 1.61. The van der Waals surface area contributed by atoms with E-state index in [1.54, 1.807) is 0 Å². The third-order valence-corrected chi connectivity index (χ3v) is 2.44. The van der Waals surface area contributed by atoms with E-state index in [-0.39, 0.29) is 18.2 Å². The molecule has 15 heavy (non-hydrogen) atoms. The van der Waals surface area contributed by atoms with Crippen molar-refractivity contribution in [3.8, 4) is 0 Å². The second kappa shape index (κ2) is 5.33. The van der Waals surface area contributed by atoms with Crippen molar-refractivity contribution in [2.45, 2.75) is 18.9 Å². The number of esters is 1. The van der Waals surface area contributed by atoms with E-state index in [0.29, 0.717) is 19.4 Å². The zero-order valence-corrected chi connectivity index (χ0v) is 8.49. The molecule has 2 atom stereocenters. The fraction of sp³-hybridized carbons (Fsp3) is 0.667. The molecule has 0 aliphatic carbocycles. The molecular formula is C9H14N2O4. The lowest BCUT2D eigenvalue weighted by Crippen LogP contribution is -2.39. The number of carbonyl (C=O) groups is 3. The van der Waals surface area contributed by atoms with Crippen molar-refractivity contribution in [3.05, 3.63) is 0 Å². The van der Waals surface area contributed by atoms with Crippen LogP contribution in [0.1, 0.15) is 12.8 Å². The van der Waals surface area contributed by atoms with Crippen molar-refractivity contribution in [1.29, 1.82) is 0 Å². The summed E-state index contributed by atoms with van der Waals surface area (Å²) in [5.41, 5.74) is 0. The van der Waals surface area contributed by atoms with Gasteiger partial charge in [-0.2, -0.15) is 0 Å². The largest absolute Gasteiger partial charge is 0.467 e. The Kier molecular flexibility index (Phi) is 4.08. The van der Waals surface area contributed by atoms with Gasteiger partial charge in [0.15, 0.2) is 0 Å². The average Bonchev–Trinajstić information content (AvgIpc) is 2.63. The van der Waals surface area contributed by atoms with Crippen molar-refractivity contribution < 1.29 is 19.1 Å². The molecule has 0 radical (unpaired) electrons. The lowest BCUT2D eigenvalue weighted by molar-refractivity contribution is -0.144. The van der Waals surface area contributed by atoms with Gasteiger partial charge in [-0.1, -0.05) is 0 Å². The first-order valence-corrected chi connectivity index (χ1v) is 4.74. The topological polar surface area (TPSA) is 84.5 Å². The van der Waals surface area contributed by atoms with Gasteiger partial charge in [-0.3, -0.25) is 9.59 Å². The Bertz CT molecular complexity index is 267. The van der Waals surface area contributed by atoms with Crippen molar-refractivity contribution in [1.82, 2.24) is 10.6 Å². The molecule has 1 aliphatic rings. The Morgan fingerprint density at radius 3 is 3.00 bits per heavy atom. The van der Waals surface area contributed by atoms with Gasteiger partial charge in [-0.15, -0.1) is 0 Å². The summed E-state index contributed by atoms with van der Waals surface area (Å²) in [6, 6.07) is -0.735. The van der Waals surface area contributed by atoms with E-state index < -0.39 is 12.0 Å². The highest BCUT2D eigenvalue weighted by Crippen LogP contribution is 2.16. The second-order valence-corrected chi connectivity index (χ2v) is 3.37. The van der Waals surface area contributed by atoms with Crippen molar-refractivity contribution in [3.63, 3.8) is 0 Å². The summed E-state index contributed by atoms with van der Waals surface area (Å²) >= 11 is 0. The molecule has 0 aromatic heterocycles. The van der Waals surface area contributed by atoms with Crippen LogP contribution in [0.25, 0.3) is 0 Å². The highest BCUT2D eigenvalue weighted by Gasteiger charge is 2.30. The molecule has 0 spiro atoms. The molecule has 0 bridgehead atoms. The summed E-state index contributed by atoms with van der Waals surface area (Å²) in [5, 5.41) is 5.01. The summed E-state index contributed by atoms with van der Waals surface area (Å²) in [4.78, 5) is 32.7. The van der Waals surface area contributed by atoms with Gasteiger partial charge in [-0.25, -0.2) is 4.79 Å². The second-order valence-electron chi connectivity index (χ2n) is 3.37. The van der Waals surface area contributed by atoms with E-state index >= 15 is 0 Å². The minimum atomic E-state index is -0.735. The predicted molar refractivity (Wildman–Crippen MR) is 50.7 cm³/mol. The lowest BCUT2D eigenvalue weighted by atomic mass is 9.98. The molecule has 0 saturated carbocycles. The normalized spacial score (nSPS) is 21.7. The molecule has 84 valence electrons. The maximum absolute atomic E-state index is 11.2. The Balaban J connectivity index is 2.53. The Morgan fingerprint density at radius 1 is 1.80 bits per heavy atom. The first-order chi connectivity index (χ1) is 7.19. The molecule has 6 nitrogen and oxygen atoms in total. The quantitative estimate of drug-likeness (QED) is 0.444. The number of ether oxygens (including phenoxy) is 1. The van der Waals surface area contributed by atoms with Gasteiger partial charge in [0.25, 0.3) is 0 Å². The molecule has 2 amide bonds. The van der Waals surface area contributed by atoms with Gasteiger partial charge in [-0.05, 0) is 12.8 Å². The summed E-state index contributed by atoms with van der Waals surface area (Å²) < 4.78 is 4.52. The number of methoxy groups -OCH3 is 1. The van der Waals surface area contributed by atoms with E-state index in [4.69, 9.17) is 0 Å². The third-order valence-electron chi connectivity index (χ3n) is 2.44.